The van der Waals surface area contributed by atoms with Crippen molar-refractivity contribution in [3.05, 3.63) is 32.8 Å². The molecule has 9 heteroatoms. The molecule has 1 spiro atoms. The van der Waals surface area contributed by atoms with Crippen LogP contribution in [0.25, 0.3) is 10.9 Å². The third kappa shape index (κ3) is 2.66. The maximum Gasteiger partial charge on any atom is 0.341 e. The number of halogens is 2. The zero-order valence-corrected chi connectivity index (χ0v) is 17.7. The molecule has 2 saturated carbocycles. The number of pyridine rings is 1. The van der Waals surface area contributed by atoms with Crippen LogP contribution in [-0.2, 0) is 0 Å². The van der Waals surface area contributed by atoms with Gasteiger partial charge in [0.25, 0.3) is 0 Å². The van der Waals surface area contributed by atoms with Crippen molar-refractivity contribution in [2.24, 2.45) is 5.41 Å². The Hall–Kier alpha value is -2.32. The Morgan fingerprint density at radius 2 is 2.03 bits per heavy atom. The number of nitrogens with two attached hydrogens (primary N) is 1. The van der Waals surface area contributed by atoms with Crippen molar-refractivity contribution in [1.82, 2.24) is 9.47 Å². The van der Waals surface area contributed by atoms with Gasteiger partial charge in [-0.25, -0.2) is 9.18 Å². The van der Waals surface area contributed by atoms with E-state index in [2.05, 4.69) is 4.90 Å². The highest BCUT2D eigenvalue weighted by Crippen LogP contribution is 2.56. The van der Waals surface area contributed by atoms with E-state index in [1.807, 2.05) is 19.0 Å². The van der Waals surface area contributed by atoms with Crippen LogP contribution < -0.4 is 16.1 Å². The van der Waals surface area contributed by atoms with Crippen LogP contribution in [0, 0.1) is 11.2 Å². The van der Waals surface area contributed by atoms with E-state index in [-0.39, 0.29) is 39.3 Å². The Morgan fingerprint density at radius 3 is 2.53 bits per heavy atom. The summed E-state index contributed by atoms with van der Waals surface area (Å²) in [6.45, 7) is 1.30. The number of fused-ring (bicyclic) bond motifs is 1. The Morgan fingerprint density at radius 1 is 1.37 bits per heavy atom. The molecule has 0 radical (unpaired) electrons. The molecular formula is C21H24ClFN4O3. The highest BCUT2D eigenvalue weighted by atomic mass is 35.5. The minimum absolute atomic E-state index is 0.0317. The highest BCUT2D eigenvalue weighted by Gasteiger charge is 2.56. The summed E-state index contributed by atoms with van der Waals surface area (Å²) in [5.41, 5.74) is 5.25. The number of aromatic carboxylic acids is 1. The van der Waals surface area contributed by atoms with Crippen LogP contribution in [0.3, 0.4) is 0 Å². The molecule has 7 nitrogen and oxygen atoms in total. The highest BCUT2D eigenvalue weighted by molar-refractivity contribution is 6.38. The topological polar surface area (TPSA) is 91.8 Å². The number of carbonyl (C=O) groups is 1. The number of rotatable bonds is 4. The van der Waals surface area contributed by atoms with Gasteiger partial charge in [0.15, 0.2) is 5.82 Å². The van der Waals surface area contributed by atoms with Crippen molar-refractivity contribution >= 4 is 39.8 Å². The van der Waals surface area contributed by atoms with Crippen LogP contribution in [0.2, 0.25) is 5.02 Å². The summed E-state index contributed by atoms with van der Waals surface area (Å²) in [6.07, 6.45) is 5.18. The number of benzene rings is 1. The van der Waals surface area contributed by atoms with E-state index in [0.29, 0.717) is 18.6 Å². The molecule has 0 bridgehead atoms. The lowest BCUT2D eigenvalue weighted by atomic mass is 10.0. The van der Waals surface area contributed by atoms with Crippen molar-refractivity contribution < 1.29 is 14.3 Å². The smallest absolute Gasteiger partial charge is 0.341 e. The van der Waals surface area contributed by atoms with Crippen LogP contribution in [0.5, 0.6) is 0 Å². The predicted molar refractivity (Wildman–Crippen MR) is 114 cm³/mol. The minimum atomic E-state index is -1.36. The lowest BCUT2D eigenvalue weighted by Gasteiger charge is -2.26. The molecule has 30 heavy (non-hydrogen) atoms. The van der Waals surface area contributed by atoms with E-state index in [0.717, 1.165) is 25.7 Å². The Labute approximate surface area is 177 Å². The van der Waals surface area contributed by atoms with Gasteiger partial charge in [-0.3, -0.25) is 4.79 Å². The summed E-state index contributed by atoms with van der Waals surface area (Å²) in [4.78, 5) is 28.6. The molecule has 1 aliphatic heterocycles. The van der Waals surface area contributed by atoms with Gasteiger partial charge >= 0.3 is 5.97 Å². The third-order valence-electron chi connectivity index (χ3n) is 6.97. The zero-order chi connectivity index (χ0) is 21.5. The molecule has 3 fully saturated rings. The summed E-state index contributed by atoms with van der Waals surface area (Å²) in [6, 6.07) is 0.314. The van der Waals surface area contributed by atoms with Crippen molar-refractivity contribution in [3.8, 4) is 0 Å². The molecule has 1 atom stereocenters. The number of nitrogen functional groups attached to an aromatic ring is 1. The predicted octanol–water partition coefficient (Wildman–Crippen LogP) is 2.94. The molecule has 2 heterocycles. The van der Waals surface area contributed by atoms with E-state index < -0.39 is 22.8 Å². The quantitative estimate of drug-likeness (QED) is 0.719. The largest absolute Gasteiger partial charge is 0.477 e. The fourth-order valence-corrected chi connectivity index (χ4v) is 5.50. The number of hydrogen-bond donors (Lipinski definition) is 2. The van der Waals surface area contributed by atoms with Crippen LogP contribution >= 0.6 is 11.6 Å². The summed E-state index contributed by atoms with van der Waals surface area (Å²) in [7, 11) is 4.05. The molecule has 2 aliphatic carbocycles. The second kappa shape index (κ2) is 6.34. The number of nitrogens with zero attached hydrogens (tertiary/aromatic N) is 3. The summed E-state index contributed by atoms with van der Waals surface area (Å²) < 4.78 is 17.2. The molecular weight excluding hydrogens is 411 g/mol. The van der Waals surface area contributed by atoms with Gasteiger partial charge in [0.2, 0.25) is 5.43 Å². The van der Waals surface area contributed by atoms with Crippen LogP contribution in [0.4, 0.5) is 15.8 Å². The van der Waals surface area contributed by atoms with Gasteiger partial charge in [-0.1, -0.05) is 11.6 Å². The first kappa shape index (κ1) is 19.6. The summed E-state index contributed by atoms with van der Waals surface area (Å²) in [5.74, 6) is -2.11. The molecule has 3 aliphatic rings. The fraction of sp³-hybridized carbons (Fsp3) is 0.524. The van der Waals surface area contributed by atoms with Gasteiger partial charge in [-0.05, 0) is 39.8 Å². The van der Waals surface area contributed by atoms with E-state index in [9.17, 15) is 14.7 Å². The number of carboxylic acid groups (broad SMARTS) is 1. The van der Waals surface area contributed by atoms with Crippen LogP contribution in [0.15, 0.2) is 11.0 Å². The van der Waals surface area contributed by atoms with Crippen molar-refractivity contribution in [1.29, 1.82) is 0 Å². The first-order valence-electron chi connectivity index (χ1n) is 10.2. The number of hydrogen-bond acceptors (Lipinski definition) is 5. The van der Waals surface area contributed by atoms with E-state index in [4.69, 9.17) is 17.3 Å². The molecule has 5 rings (SSSR count). The van der Waals surface area contributed by atoms with Gasteiger partial charge in [-0.15, -0.1) is 0 Å². The Bertz CT molecular complexity index is 1150. The average Bonchev–Trinajstić information content (AvgIpc) is 3.58. The van der Waals surface area contributed by atoms with Gasteiger partial charge in [0, 0.05) is 36.8 Å². The summed E-state index contributed by atoms with van der Waals surface area (Å²) in [5, 5.41) is 9.45. The maximum atomic E-state index is 15.5. The lowest BCUT2D eigenvalue weighted by molar-refractivity contribution is 0.0695. The minimum Gasteiger partial charge on any atom is -0.477 e. The number of aromatic nitrogens is 1. The number of likely N-dealkylation sites (N-methyl/N-ethyl adjacent to an activating group) is 1. The van der Waals surface area contributed by atoms with Crippen molar-refractivity contribution in [3.63, 3.8) is 0 Å². The fourth-order valence-electron chi connectivity index (χ4n) is 5.11. The third-order valence-corrected chi connectivity index (χ3v) is 7.33. The normalized spacial score (nSPS) is 22.4. The molecule has 1 aromatic heterocycles. The standard InChI is InChI=1S/C21H24ClFN4O3/c1-25(2)12-8-26(9-21(12)5-6-21)18-14(22)17-13(16(24)15(18)23)19(28)11(20(29)30)7-27(17)10-3-4-10/h7,10,12H,3-6,8-9,24H2,1-2H3,(H,29,30)/t12-/m1/s1. The van der Waals surface area contributed by atoms with E-state index in [1.54, 1.807) is 4.57 Å². The second-order valence-corrected chi connectivity index (χ2v) is 9.53. The molecule has 0 unspecified atom stereocenters. The molecule has 1 aromatic carbocycles. The van der Waals surface area contributed by atoms with E-state index in [1.165, 1.54) is 6.20 Å². The second-order valence-electron chi connectivity index (χ2n) is 9.15. The SMILES string of the molecule is CN(C)[C@@H]1CN(c2c(F)c(N)c3c(=O)c(C(=O)O)cn(C4CC4)c3c2Cl)CC12CC2. The first-order chi connectivity index (χ1) is 14.2. The van der Waals surface area contributed by atoms with Crippen molar-refractivity contribution in [2.45, 2.75) is 37.8 Å². The monoisotopic (exact) mass is 434 g/mol. The summed E-state index contributed by atoms with van der Waals surface area (Å²) >= 11 is 6.76. The zero-order valence-electron chi connectivity index (χ0n) is 16.9. The average molecular weight is 435 g/mol. The number of anilines is 2. The van der Waals surface area contributed by atoms with Crippen LogP contribution in [0.1, 0.15) is 42.1 Å². The van der Waals surface area contributed by atoms with Gasteiger partial charge in [-0.2, -0.15) is 0 Å². The van der Waals surface area contributed by atoms with Crippen LogP contribution in [-0.4, -0.2) is 53.8 Å². The van der Waals surface area contributed by atoms with Gasteiger partial charge < -0.3 is 25.2 Å². The van der Waals surface area contributed by atoms with Gasteiger partial charge in [0.1, 0.15) is 5.56 Å². The molecule has 160 valence electrons. The molecule has 2 aromatic rings. The Kier molecular flexibility index (Phi) is 4.15. The molecule has 0 amide bonds. The molecule has 1 saturated heterocycles. The van der Waals surface area contributed by atoms with Gasteiger partial charge in [0.05, 0.1) is 27.3 Å². The molecule has 3 N–H and O–H groups in total. The van der Waals surface area contributed by atoms with E-state index >= 15 is 4.39 Å². The van der Waals surface area contributed by atoms with Crippen molar-refractivity contribution in [2.75, 3.05) is 37.8 Å². The lowest BCUT2D eigenvalue weighted by Crippen LogP contribution is -2.36. The Balaban J connectivity index is 1.76. The number of carboxylic acids is 1. The maximum absolute atomic E-state index is 15.5. The first-order valence-corrected chi connectivity index (χ1v) is 10.5.